The fraction of sp³-hybridized carbons (Fsp3) is 0.478. The molecule has 3 unspecified atom stereocenters. The first-order chi connectivity index (χ1) is 13.5. The molecule has 0 radical (unpaired) electrons. The Morgan fingerprint density at radius 3 is 2.57 bits per heavy atom. The molecule has 0 amide bonds. The average Bonchev–Trinajstić information content (AvgIpc) is 2.70. The smallest absolute Gasteiger partial charge is 0.197 e. The van der Waals surface area contributed by atoms with Crippen molar-refractivity contribution in [2.75, 3.05) is 13.7 Å². The van der Waals surface area contributed by atoms with Crippen LogP contribution in [0.15, 0.2) is 42.5 Å². The second kappa shape index (κ2) is 9.27. The van der Waals surface area contributed by atoms with Crippen molar-refractivity contribution in [3.8, 4) is 5.75 Å². The molecule has 0 aliphatic carbocycles. The summed E-state index contributed by atoms with van der Waals surface area (Å²) >= 11 is 6.48. The van der Waals surface area contributed by atoms with E-state index >= 15 is 0 Å². The zero-order valence-electron chi connectivity index (χ0n) is 16.8. The number of ether oxygens (including phenoxy) is 3. The Morgan fingerprint density at radius 1 is 1.18 bits per heavy atom. The Morgan fingerprint density at radius 2 is 1.93 bits per heavy atom. The van der Waals surface area contributed by atoms with Crippen LogP contribution in [0.4, 0.5) is 0 Å². The van der Waals surface area contributed by atoms with Crippen LogP contribution < -0.4 is 4.74 Å². The molecule has 0 aromatic heterocycles. The van der Waals surface area contributed by atoms with Crippen molar-refractivity contribution in [3.05, 3.63) is 64.2 Å². The summed E-state index contributed by atoms with van der Waals surface area (Å²) < 4.78 is 17.6. The van der Waals surface area contributed by atoms with Gasteiger partial charge in [0.15, 0.2) is 5.79 Å². The van der Waals surface area contributed by atoms with Crippen molar-refractivity contribution in [1.29, 1.82) is 0 Å². The summed E-state index contributed by atoms with van der Waals surface area (Å²) in [6.45, 7) is 4.68. The third kappa shape index (κ3) is 4.69. The lowest BCUT2D eigenvalue weighted by molar-refractivity contribution is -0.294. The summed E-state index contributed by atoms with van der Waals surface area (Å²) in [7, 11) is 1.63. The lowest BCUT2D eigenvalue weighted by atomic mass is 9.90. The van der Waals surface area contributed by atoms with E-state index in [2.05, 4.69) is 6.92 Å². The van der Waals surface area contributed by atoms with E-state index in [1.165, 1.54) is 0 Å². The summed E-state index contributed by atoms with van der Waals surface area (Å²) in [5.41, 5.74) is 3.03. The van der Waals surface area contributed by atoms with Crippen LogP contribution in [0.5, 0.6) is 5.75 Å². The van der Waals surface area contributed by atoms with E-state index in [1.807, 2.05) is 49.4 Å². The first-order valence-electron chi connectivity index (χ1n) is 9.91. The van der Waals surface area contributed by atoms with E-state index < -0.39 is 11.9 Å². The minimum Gasteiger partial charge on any atom is -0.494 e. The standard InChI is InChI=1S/C23H29ClO4/c1-4-20-14-19(25)15-23(26-3,28-20)18-8-11-22(24)17(13-18)12-16-6-9-21(10-7-16)27-5-2/h6-11,13,19-20,25H,4-5,12,14-15H2,1-3H3. The van der Waals surface area contributed by atoms with Crippen molar-refractivity contribution < 1.29 is 19.3 Å². The molecule has 2 aromatic carbocycles. The first kappa shape index (κ1) is 21.1. The molecule has 1 N–H and O–H groups in total. The van der Waals surface area contributed by atoms with Gasteiger partial charge in [-0.05, 0) is 61.6 Å². The van der Waals surface area contributed by atoms with Crippen LogP contribution >= 0.6 is 11.6 Å². The molecule has 0 spiro atoms. The van der Waals surface area contributed by atoms with Crippen LogP contribution in [0.1, 0.15) is 49.8 Å². The van der Waals surface area contributed by atoms with Crippen molar-refractivity contribution in [3.63, 3.8) is 0 Å². The lowest BCUT2D eigenvalue weighted by Crippen LogP contribution is -2.45. The summed E-state index contributed by atoms with van der Waals surface area (Å²) in [4.78, 5) is 0. The van der Waals surface area contributed by atoms with Gasteiger partial charge in [-0.1, -0.05) is 36.7 Å². The van der Waals surface area contributed by atoms with Crippen molar-refractivity contribution in [1.82, 2.24) is 0 Å². The van der Waals surface area contributed by atoms with Crippen LogP contribution in [0.2, 0.25) is 5.02 Å². The minimum absolute atomic E-state index is 0.0334. The second-order valence-electron chi connectivity index (χ2n) is 7.26. The number of aliphatic hydroxyl groups is 1. The number of rotatable bonds is 7. The minimum atomic E-state index is -0.948. The first-order valence-corrected chi connectivity index (χ1v) is 10.3. The highest BCUT2D eigenvalue weighted by Crippen LogP contribution is 2.40. The van der Waals surface area contributed by atoms with Gasteiger partial charge >= 0.3 is 0 Å². The van der Waals surface area contributed by atoms with Gasteiger partial charge < -0.3 is 19.3 Å². The molecule has 1 aliphatic heterocycles. The number of aliphatic hydroxyl groups excluding tert-OH is 1. The van der Waals surface area contributed by atoms with Crippen molar-refractivity contribution in [2.45, 2.75) is 57.5 Å². The highest BCUT2D eigenvalue weighted by atomic mass is 35.5. The van der Waals surface area contributed by atoms with E-state index in [1.54, 1.807) is 7.11 Å². The molecule has 4 nitrogen and oxygen atoms in total. The van der Waals surface area contributed by atoms with E-state index in [0.717, 1.165) is 28.9 Å². The van der Waals surface area contributed by atoms with Crippen molar-refractivity contribution >= 4 is 11.6 Å². The summed E-state index contributed by atoms with van der Waals surface area (Å²) in [6, 6.07) is 13.9. The van der Waals surface area contributed by atoms with Crippen LogP contribution in [-0.2, 0) is 21.7 Å². The van der Waals surface area contributed by atoms with Gasteiger partial charge in [0.2, 0.25) is 0 Å². The largest absolute Gasteiger partial charge is 0.494 e. The van der Waals surface area contributed by atoms with Crippen molar-refractivity contribution in [2.24, 2.45) is 0 Å². The lowest BCUT2D eigenvalue weighted by Gasteiger charge is -2.42. The van der Waals surface area contributed by atoms with E-state index in [4.69, 9.17) is 25.8 Å². The van der Waals surface area contributed by atoms with Crippen LogP contribution in [0.3, 0.4) is 0 Å². The molecule has 1 aliphatic rings. The predicted molar refractivity (Wildman–Crippen MR) is 111 cm³/mol. The van der Waals surface area contributed by atoms with Crippen LogP contribution in [-0.4, -0.2) is 31.0 Å². The quantitative estimate of drug-likeness (QED) is 0.699. The Labute approximate surface area is 172 Å². The Hall–Kier alpha value is -1.59. The Bertz CT molecular complexity index is 777. The molecular weight excluding hydrogens is 376 g/mol. The fourth-order valence-electron chi connectivity index (χ4n) is 3.78. The van der Waals surface area contributed by atoms with Gasteiger partial charge in [-0.3, -0.25) is 0 Å². The van der Waals surface area contributed by atoms with Gasteiger partial charge in [-0.15, -0.1) is 0 Å². The monoisotopic (exact) mass is 404 g/mol. The van der Waals surface area contributed by atoms with Crippen LogP contribution in [0.25, 0.3) is 0 Å². The van der Waals surface area contributed by atoms with Crippen LogP contribution in [0, 0.1) is 0 Å². The highest BCUT2D eigenvalue weighted by Gasteiger charge is 2.42. The van der Waals surface area contributed by atoms with E-state index in [-0.39, 0.29) is 6.10 Å². The Balaban J connectivity index is 1.87. The topological polar surface area (TPSA) is 47.9 Å². The molecule has 28 heavy (non-hydrogen) atoms. The molecule has 1 saturated heterocycles. The van der Waals surface area contributed by atoms with Gasteiger partial charge in [0.25, 0.3) is 0 Å². The molecule has 0 bridgehead atoms. The Kier molecular flexibility index (Phi) is 7.00. The summed E-state index contributed by atoms with van der Waals surface area (Å²) in [5.74, 6) is -0.0871. The normalized spacial score (nSPS) is 24.9. The maximum Gasteiger partial charge on any atom is 0.197 e. The maximum absolute atomic E-state index is 10.4. The zero-order valence-corrected chi connectivity index (χ0v) is 17.5. The highest BCUT2D eigenvalue weighted by molar-refractivity contribution is 6.31. The number of benzene rings is 2. The van der Waals surface area contributed by atoms with E-state index in [9.17, 15) is 5.11 Å². The third-order valence-corrected chi connectivity index (χ3v) is 5.66. The van der Waals surface area contributed by atoms with E-state index in [0.29, 0.717) is 30.9 Å². The van der Waals surface area contributed by atoms with Gasteiger partial charge in [-0.25, -0.2) is 0 Å². The molecule has 2 aromatic rings. The van der Waals surface area contributed by atoms with Gasteiger partial charge in [0, 0.05) is 24.1 Å². The average molecular weight is 405 g/mol. The van der Waals surface area contributed by atoms with Gasteiger partial charge in [-0.2, -0.15) is 0 Å². The number of methoxy groups -OCH3 is 1. The predicted octanol–water partition coefficient (Wildman–Crippen LogP) is 5.08. The second-order valence-corrected chi connectivity index (χ2v) is 7.67. The third-order valence-electron chi connectivity index (χ3n) is 5.30. The SMILES string of the molecule is CCOc1ccc(Cc2cc(C3(OC)CC(O)CC(CC)O3)ccc2Cl)cc1. The number of hydrogen-bond donors (Lipinski definition) is 1. The summed E-state index contributed by atoms with van der Waals surface area (Å²) in [5, 5.41) is 11.1. The molecule has 3 atom stereocenters. The van der Waals surface area contributed by atoms with Gasteiger partial charge in [0.05, 0.1) is 18.8 Å². The molecule has 1 heterocycles. The molecular formula is C23H29ClO4. The fourth-order valence-corrected chi connectivity index (χ4v) is 3.97. The molecule has 5 heteroatoms. The molecule has 152 valence electrons. The summed E-state index contributed by atoms with van der Waals surface area (Å²) in [6.07, 6.45) is 2.07. The maximum atomic E-state index is 10.4. The molecule has 1 fully saturated rings. The number of hydrogen-bond acceptors (Lipinski definition) is 4. The number of halogens is 1. The molecule has 0 saturated carbocycles. The van der Waals surface area contributed by atoms with Gasteiger partial charge in [0.1, 0.15) is 5.75 Å². The zero-order chi connectivity index (χ0) is 20.1. The molecule has 3 rings (SSSR count).